The summed E-state index contributed by atoms with van der Waals surface area (Å²) in [6, 6.07) is 0.805. The minimum Gasteiger partial charge on any atom is -0.340 e. The van der Waals surface area contributed by atoms with E-state index in [-0.39, 0.29) is 11.8 Å². The smallest absolute Gasteiger partial charge is 0.225 e. The lowest BCUT2D eigenvalue weighted by Gasteiger charge is -2.40. The molecule has 2 atom stereocenters. The average molecular weight is 335 g/mol. The molecule has 3 aliphatic rings. The molecule has 0 bridgehead atoms. The van der Waals surface area contributed by atoms with Crippen molar-refractivity contribution in [1.82, 2.24) is 9.80 Å². The van der Waals surface area contributed by atoms with Crippen molar-refractivity contribution >= 4 is 11.8 Å². The van der Waals surface area contributed by atoms with Crippen LogP contribution in [0.3, 0.4) is 0 Å². The van der Waals surface area contributed by atoms with Gasteiger partial charge >= 0.3 is 0 Å². The molecule has 4 nitrogen and oxygen atoms in total. The quantitative estimate of drug-likeness (QED) is 0.774. The Balaban J connectivity index is 1.51. The van der Waals surface area contributed by atoms with Crippen LogP contribution in [-0.4, -0.2) is 46.8 Å². The van der Waals surface area contributed by atoms with Gasteiger partial charge in [-0.1, -0.05) is 0 Å². The first kappa shape index (κ1) is 17.8. The zero-order valence-electron chi connectivity index (χ0n) is 15.5. The number of rotatable bonds is 2. The fourth-order valence-corrected chi connectivity index (χ4v) is 4.91. The Hall–Kier alpha value is -1.06. The van der Waals surface area contributed by atoms with Gasteiger partial charge in [0.2, 0.25) is 11.8 Å². The standard InChI is InChI=1S/C20H34N2O2/c1-15-7-3-5-13-21(15)19(23)17-9-11-18(12-10-17)20(24)22-14-6-4-8-16(22)2/h15-18H,3-14H2,1-2H3. The van der Waals surface area contributed by atoms with Crippen molar-refractivity contribution in [2.75, 3.05) is 13.1 Å². The Morgan fingerprint density at radius 1 is 0.625 bits per heavy atom. The largest absolute Gasteiger partial charge is 0.340 e. The summed E-state index contributed by atoms with van der Waals surface area (Å²) in [5.41, 5.74) is 0. The Morgan fingerprint density at radius 3 is 1.33 bits per heavy atom. The molecule has 0 aromatic rings. The number of carbonyl (C=O) groups is 2. The summed E-state index contributed by atoms with van der Waals surface area (Å²) in [6.07, 6.45) is 10.7. The zero-order valence-corrected chi connectivity index (χ0v) is 15.5. The van der Waals surface area contributed by atoms with Gasteiger partial charge in [0.15, 0.2) is 0 Å². The lowest BCUT2D eigenvalue weighted by atomic mass is 9.80. The van der Waals surface area contributed by atoms with E-state index in [0.29, 0.717) is 23.9 Å². The van der Waals surface area contributed by atoms with E-state index in [1.807, 2.05) is 0 Å². The van der Waals surface area contributed by atoms with E-state index in [4.69, 9.17) is 0 Å². The van der Waals surface area contributed by atoms with E-state index >= 15 is 0 Å². The van der Waals surface area contributed by atoms with E-state index in [1.165, 1.54) is 12.8 Å². The highest BCUT2D eigenvalue weighted by molar-refractivity contribution is 5.81. The number of nitrogens with zero attached hydrogens (tertiary/aromatic N) is 2. The molecule has 2 amide bonds. The number of likely N-dealkylation sites (tertiary alicyclic amines) is 2. The molecule has 2 unspecified atom stereocenters. The van der Waals surface area contributed by atoms with Crippen LogP contribution in [-0.2, 0) is 9.59 Å². The SMILES string of the molecule is CC1CCCCN1C(=O)C1CCC(C(=O)N2CCCCC2C)CC1. The molecule has 3 rings (SSSR count). The molecule has 4 heteroatoms. The molecule has 136 valence electrons. The fraction of sp³-hybridized carbons (Fsp3) is 0.900. The maximum Gasteiger partial charge on any atom is 0.225 e. The molecule has 0 spiro atoms. The van der Waals surface area contributed by atoms with Crippen LogP contribution in [0.4, 0.5) is 0 Å². The van der Waals surface area contributed by atoms with Crippen molar-refractivity contribution in [2.24, 2.45) is 11.8 Å². The van der Waals surface area contributed by atoms with Crippen LogP contribution in [0.15, 0.2) is 0 Å². The number of hydrogen-bond acceptors (Lipinski definition) is 2. The minimum atomic E-state index is 0.161. The van der Waals surface area contributed by atoms with E-state index in [9.17, 15) is 9.59 Å². The van der Waals surface area contributed by atoms with Crippen molar-refractivity contribution in [3.8, 4) is 0 Å². The number of carbonyl (C=O) groups excluding carboxylic acids is 2. The van der Waals surface area contributed by atoms with Gasteiger partial charge in [-0.05, 0) is 78.1 Å². The molecule has 0 aromatic heterocycles. The van der Waals surface area contributed by atoms with Crippen LogP contribution in [0.2, 0.25) is 0 Å². The second-order valence-electron chi connectivity index (χ2n) is 8.30. The van der Waals surface area contributed by atoms with Gasteiger partial charge < -0.3 is 9.80 Å². The van der Waals surface area contributed by atoms with Gasteiger partial charge in [0.25, 0.3) is 0 Å². The van der Waals surface area contributed by atoms with Gasteiger partial charge in [-0.2, -0.15) is 0 Å². The Labute approximate surface area is 146 Å². The van der Waals surface area contributed by atoms with Gasteiger partial charge in [-0.25, -0.2) is 0 Å². The van der Waals surface area contributed by atoms with Gasteiger partial charge in [0.1, 0.15) is 0 Å². The predicted octanol–water partition coefficient (Wildman–Crippen LogP) is 3.59. The summed E-state index contributed by atoms with van der Waals surface area (Å²) < 4.78 is 0. The summed E-state index contributed by atoms with van der Waals surface area (Å²) in [5.74, 6) is 1.04. The van der Waals surface area contributed by atoms with Crippen LogP contribution < -0.4 is 0 Å². The topological polar surface area (TPSA) is 40.6 Å². The number of piperidine rings is 2. The summed E-state index contributed by atoms with van der Waals surface area (Å²) in [6.45, 7) is 6.24. The summed E-state index contributed by atoms with van der Waals surface area (Å²) in [4.78, 5) is 29.9. The molecule has 1 aliphatic carbocycles. The third kappa shape index (κ3) is 3.78. The van der Waals surface area contributed by atoms with E-state index < -0.39 is 0 Å². The zero-order chi connectivity index (χ0) is 17.1. The summed E-state index contributed by atoms with van der Waals surface area (Å²) >= 11 is 0. The van der Waals surface area contributed by atoms with Crippen molar-refractivity contribution in [3.63, 3.8) is 0 Å². The summed E-state index contributed by atoms with van der Waals surface area (Å²) in [5, 5.41) is 0. The molecular formula is C20H34N2O2. The summed E-state index contributed by atoms with van der Waals surface area (Å²) in [7, 11) is 0. The maximum absolute atomic E-state index is 12.8. The van der Waals surface area contributed by atoms with Gasteiger partial charge in [-0.15, -0.1) is 0 Å². The molecule has 2 heterocycles. The first-order valence-corrected chi connectivity index (χ1v) is 10.2. The van der Waals surface area contributed by atoms with E-state index in [2.05, 4.69) is 23.6 Å². The van der Waals surface area contributed by atoms with Crippen molar-refractivity contribution < 1.29 is 9.59 Å². The normalized spacial score (nSPS) is 34.9. The maximum atomic E-state index is 12.8. The monoisotopic (exact) mass is 334 g/mol. The van der Waals surface area contributed by atoms with Gasteiger partial charge in [0, 0.05) is 37.0 Å². The lowest BCUT2D eigenvalue weighted by molar-refractivity contribution is -0.145. The Kier molecular flexibility index (Phi) is 5.83. The molecule has 0 N–H and O–H groups in total. The van der Waals surface area contributed by atoms with Crippen molar-refractivity contribution in [3.05, 3.63) is 0 Å². The number of hydrogen-bond donors (Lipinski definition) is 0. The van der Waals surface area contributed by atoms with Crippen LogP contribution in [0.5, 0.6) is 0 Å². The van der Waals surface area contributed by atoms with Crippen molar-refractivity contribution in [2.45, 2.75) is 90.1 Å². The highest BCUT2D eigenvalue weighted by Crippen LogP contribution is 2.33. The van der Waals surface area contributed by atoms with Crippen LogP contribution >= 0.6 is 0 Å². The molecule has 0 aromatic carbocycles. The fourth-order valence-electron chi connectivity index (χ4n) is 4.91. The Morgan fingerprint density at radius 2 is 1.00 bits per heavy atom. The first-order valence-electron chi connectivity index (χ1n) is 10.2. The highest BCUT2D eigenvalue weighted by Gasteiger charge is 2.36. The molecule has 2 aliphatic heterocycles. The predicted molar refractivity (Wildman–Crippen MR) is 95.5 cm³/mol. The first-order chi connectivity index (χ1) is 11.6. The van der Waals surface area contributed by atoms with Crippen molar-refractivity contribution in [1.29, 1.82) is 0 Å². The van der Waals surface area contributed by atoms with Crippen LogP contribution in [0.25, 0.3) is 0 Å². The molecule has 3 fully saturated rings. The van der Waals surface area contributed by atoms with E-state index in [1.54, 1.807) is 0 Å². The molecule has 2 saturated heterocycles. The van der Waals surface area contributed by atoms with Gasteiger partial charge in [0.05, 0.1) is 0 Å². The van der Waals surface area contributed by atoms with Gasteiger partial charge in [-0.3, -0.25) is 9.59 Å². The molecule has 0 radical (unpaired) electrons. The van der Waals surface area contributed by atoms with E-state index in [0.717, 1.165) is 64.5 Å². The third-order valence-corrected chi connectivity index (χ3v) is 6.60. The molecular weight excluding hydrogens is 300 g/mol. The van der Waals surface area contributed by atoms with Crippen LogP contribution in [0, 0.1) is 11.8 Å². The Bertz CT molecular complexity index is 415. The molecule has 24 heavy (non-hydrogen) atoms. The minimum absolute atomic E-state index is 0.161. The second kappa shape index (κ2) is 7.88. The number of amides is 2. The second-order valence-corrected chi connectivity index (χ2v) is 8.30. The third-order valence-electron chi connectivity index (χ3n) is 6.60. The highest BCUT2D eigenvalue weighted by atomic mass is 16.2. The average Bonchev–Trinajstić information content (AvgIpc) is 2.61. The van der Waals surface area contributed by atoms with Crippen LogP contribution in [0.1, 0.15) is 78.1 Å². The lowest BCUT2D eigenvalue weighted by Crippen LogP contribution is -2.48. The molecule has 1 saturated carbocycles.